The second kappa shape index (κ2) is 5.85. The van der Waals surface area contributed by atoms with Crippen LogP contribution >= 0.6 is 0 Å². The van der Waals surface area contributed by atoms with E-state index in [0.29, 0.717) is 13.0 Å². The topological polar surface area (TPSA) is 52.5 Å². The number of rotatable bonds is 5. The molecule has 2 unspecified atom stereocenters. The lowest BCUT2D eigenvalue weighted by Gasteiger charge is -2.18. The number of hydrogen-bond acceptors (Lipinski definition) is 3. The molecule has 1 aromatic rings. The molecule has 0 aliphatic rings. The first-order valence-corrected chi connectivity index (χ1v) is 5.22. The molecule has 0 amide bonds. The van der Waals surface area contributed by atoms with Crippen molar-refractivity contribution in [2.24, 2.45) is 0 Å². The van der Waals surface area contributed by atoms with Crippen LogP contribution in [0.3, 0.4) is 0 Å². The maximum absolute atomic E-state index is 9.86. The van der Waals surface area contributed by atoms with Crippen LogP contribution in [0.4, 0.5) is 0 Å². The van der Waals surface area contributed by atoms with Gasteiger partial charge in [0.25, 0.3) is 0 Å². The molecule has 15 heavy (non-hydrogen) atoms. The third-order valence-electron chi connectivity index (χ3n) is 2.44. The van der Waals surface area contributed by atoms with Gasteiger partial charge in [-0.05, 0) is 32.5 Å². The Kier molecular flexibility index (Phi) is 4.75. The van der Waals surface area contributed by atoms with Crippen LogP contribution in [-0.2, 0) is 0 Å². The molecule has 3 N–H and O–H groups in total. The fraction of sp³-hybridized carbons (Fsp3) is 0.500. The van der Waals surface area contributed by atoms with Gasteiger partial charge in [0.05, 0.1) is 6.10 Å². The normalized spacial score (nSPS) is 14.9. The van der Waals surface area contributed by atoms with Crippen molar-refractivity contribution in [3.05, 3.63) is 35.4 Å². The minimum absolute atomic E-state index is 0.547. The van der Waals surface area contributed by atoms with Gasteiger partial charge in [-0.15, -0.1) is 0 Å². The van der Waals surface area contributed by atoms with Crippen LogP contribution < -0.4 is 5.32 Å². The summed E-state index contributed by atoms with van der Waals surface area (Å²) < 4.78 is 0. The molecule has 84 valence electrons. The lowest BCUT2D eigenvalue weighted by Crippen LogP contribution is -2.23. The van der Waals surface area contributed by atoms with Crippen LogP contribution in [0.2, 0.25) is 0 Å². The molecule has 0 fully saturated rings. The first-order valence-electron chi connectivity index (χ1n) is 5.22. The van der Waals surface area contributed by atoms with Crippen LogP contribution in [0.25, 0.3) is 0 Å². The number of nitrogens with one attached hydrogen (secondary N) is 1. The van der Waals surface area contributed by atoms with E-state index in [2.05, 4.69) is 5.32 Å². The van der Waals surface area contributed by atoms with Crippen molar-refractivity contribution in [3.63, 3.8) is 0 Å². The first kappa shape index (κ1) is 12.2. The van der Waals surface area contributed by atoms with Gasteiger partial charge in [-0.1, -0.05) is 29.8 Å². The van der Waals surface area contributed by atoms with E-state index in [1.54, 1.807) is 0 Å². The summed E-state index contributed by atoms with van der Waals surface area (Å²) in [5.74, 6) is 0. The zero-order chi connectivity index (χ0) is 11.3. The van der Waals surface area contributed by atoms with Crippen molar-refractivity contribution in [2.45, 2.75) is 25.6 Å². The number of aliphatic hydroxyl groups is 2. The van der Waals surface area contributed by atoms with Gasteiger partial charge >= 0.3 is 0 Å². The quantitative estimate of drug-likeness (QED) is 0.678. The number of benzene rings is 1. The van der Waals surface area contributed by atoms with E-state index in [-0.39, 0.29) is 0 Å². The molecule has 0 heterocycles. The SMILES string of the molecule is CNCCC(O)C(O)c1cccc(C)c1. The summed E-state index contributed by atoms with van der Waals surface area (Å²) in [6.45, 7) is 2.67. The van der Waals surface area contributed by atoms with Crippen molar-refractivity contribution in [1.82, 2.24) is 5.32 Å². The Labute approximate surface area is 90.8 Å². The number of aliphatic hydroxyl groups excluding tert-OH is 2. The molecule has 3 nitrogen and oxygen atoms in total. The maximum Gasteiger partial charge on any atom is 0.105 e. The van der Waals surface area contributed by atoms with Gasteiger partial charge < -0.3 is 15.5 Å². The van der Waals surface area contributed by atoms with E-state index in [1.807, 2.05) is 38.2 Å². The summed E-state index contributed by atoms with van der Waals surface area (Å²) in [6, 6.07) is 7.59. The smallest absolute Gasteiger partial charge is 0.105 e. The van der Waals surface area contributed by atoms with Gasteiger partial charge in [0.2, 0.25) is 0 Å². The highest BCUT2D eigenvalue weighted by atomic mass is 16.3. The van der Waals surface area contributed by atoms with Crippen LogP contribution in [-0.4, -0.2) is 29.9 Å². The molecule has 1 aromatic carbocycles. The van der Waals surface area contributed by atoms with Crippen molar-refractivity contribution in [3.8, 4) is 0 Å². The molecule has 0 saturated carbocycles. The Morgan fingerprint density at radius 1 is 1.33 bits per heavy atom. The minimum atomic E-state index is -0.793. The monoisotopic (exact) mass is 209 g/mol. The van der Waals surface area contributed by atoms with Gasteiger partial charge in [0.15, 0.2) is 0 Å². The highest BCUT2D eigenvalue weighted by Gasteiger charge is 2.17. The predicted octanol–water partition coefficient (Wildman–Crippen LogP) is 0.999. The van der Waals surface area contributed by atoms with Gasteiger partial charge in [-0.3, -0.25) is 0 Å². The summed E-state index contributed by atoms with van der Waals surface area (Å²) in [4.78, 5) is 0. The highest BCUT2D eigenvalue weighted by Crippen LogP contribution is 2.19. The molecule has 1 rings (SSSR count). The van der Waals surface area contributed by atoms with Crippen LogP contribution in [0.1, 0.15) is 23.7 Å². The maximum atomic E-state index is 9.86. The van der Waals surface area contributed by atoms with E-state index in [0.717, 1.165) is 11.1 Å². The molecule has 0 radical (unpaired) electrons. The number of hydrogen-bond donors (Lipinski definition) is 3. The molecule has 0 saturated heterocycles. The third kappa shape index (κ3) is 3.63. The Hall–Kier alpha value is -0.900. The summed E-state index contributed by atoms with van der Waals surface area (Å²) in [6.07, 6.45) is -0.955. The van der Waals surface area contributed by atoms with Crippen LogP contribution in [0, 0.1) is 6.92 Å². The largest absolute Gasteiger partial charge is 0.390 e. The molecule has 3 heteroatoms. The van der Waals surface area contributed by atoms with E-state index in [1.165, 1.54) is 0 Å². The van der Waals surface area contributed by atoms with Crippen molar-refractivity contribution < 1.29 is 10.2 Å². The summed E-state index contributed by atoms with van der Waals surface area (Å²) >= 11 is 0. The number of aryl methyl sites for hydroxylation is 1. The zero-order valence-corrected chi connectivity index (χ0v) is 9.27. The van der Waals surface area contributed by atoms with E-state index in [4.69, 9.17) is 0 Å². The fourth-order valence-electron chi connectivity index (χ4n) is 1.53. The molecule has 0 aromatic heterocycles. The first-order chi connectivity index (χ1) is 7.15. The van der Waals surface area contributed by atoms with E-state index in [9.17, 15) is 10.2 Å². The lowest BCUT2D eigenvalue weighted by molar-refractivity contribution is 0.0140. The Morgan fingerprint density at radius 2 is 2.07 bits per heavy atom. The summed E-state index contributed by atoms with van der Waals surface area (Å²) in [5.41, 5.74) is 1.87. The van der Waals surface area contributed by atoms with E-state index < -0.39 is 12.2 Å². The zero-order valence-electron chi connectivity index (χ0n) is 9.27. The van der Waals surface area contributed by atoms with Gasteiger partial charge in [-0.25, -0.2) is 0 Å². The Morgan fingerprint density at radius 3 is 2.67 bits per heavy atom. The second-order valence-corrected chi connectivity index (χ2v) is 3.82. The standard InChI is InChI=1S/C12H19NO2/c1-9-4-3-5-10(8-9)12(15)11(14)6-7-13-2/h3-5,8,11-15H,6-7H2,1-2H3. The van der Waals surface area contributed by atoms with Crippen molar-refractivity contribution in [2.75, 3.05) is 13.6 Å². The highest BCUT2D eigenvalue weighted by molar-refractivity contribution is 5.24. The van der Waals surface area contributed by atoms with Crippen LogP contribution in [0.5, 0.6) is 0 Å². The Bertz CT molecular complexity index is 301. The molecular formula is C12H19NO2. The molecule has 0 spiro atoms. The minimum Gasteiger partial charge on any atom is -0.390 e. The van der Waals surface area contributed by atoms with Gasteiger partial charge in [0.1, 0.15) is 6.10 Å². The molecule has 0 aliphatic carbocycles. The van der Waals surface area contributed by atoms with Crippen molar-refractivity contribution >= 4 is 0 Å². The van der Waals surface area contributed by atoms with Crippen molar-refractivity contribution in [1.29, 1.82) is 0 Å². The molecule has 2 atom stereocenters. The predicted molar refractivity (Wildman–Crippen MR) is 60.7 cm³/mol. The summed E-state index contributed by atoms with van der Waals surface area (Å²) in [7, 11) is 1.83. The third-order valence-corrected chi connectivity index (χ3v) is 2.44. The average molecular weight is 209 g/mol. The van der Waals surface area contributed by atoms with Gasteiger partial charge in [-0.2, -0.15) is 0 Å². The average Bonchev–Trinajstić information content (AvgIpc) is 2.24. The Balaban J connectivity index is 2.62. The van der Waals surface area contributed by atoms with E-state index >= 15 is 0 Å². The fourth-order valence-corrected chi connectivity index (χ4v) is 1.53. The molecular weight excluding hydrogens is 190 g/mol. The lowest BCUT2D eigenvalue weighted by atomic mass is 10.0. The second-order valence-electron chi connectivity index (χ2n) is 3.82. The molecule has 0 aliphatic heterocycles. The molecule has 0 bridgehead atoms. The summed E-state index contributed by atoms with van der Waals surface area (Å²) in [5, 5.41) is 22.5. The van der Waals surface area contributed by atoms with Crippen LogP contribution in [0.15, 0.2) is 24.3 Å². The van der Waals surface area contributed by atoms with Gasteiger partial charge in [0, 0.05) is 0 Å².